The summed E-state index contributed by atoms with van der Waals surface area (Å²) in [5, 5.41) is 14.5. The van der Waals surface area contributed by atoms with Crippen molar-refractivity contribution in [2.75, 3.05) is 14.7 Å². The molecule has 9 heterocycles. The summed E-state index contributed by atoms with van der Waals surface area (Å²) in [4.78, 5) is 6.98. The van der Waals surface area contributed by atoms with Crippen LogP contribution in [0.2, 0.25) is 0 Å². The summed E-state index contributed by atoms with van der Waals surface area (Å²) in [6.07, 6.45) is 0. The number of hydrogen-bond donors (Lipinski definition) is 0. The lowest BCUT2D eigenvalue weighted by Crippen LogP contribution is -2.09. The van der Waals surface area contributed by atoms with Crippen LogP contribution in [0.1, 0.15) is 0 Å². The van der Waals surface area contributed by atoms with Crippen molar-refractivity contribution in [2.24, 2.45) is 0 Å². The van der Waals surface area contributed by atoms with Gasteiger partial charge in [0.2, 0.25) is 0 Å². The van der Waals surface area contributed by atoms with Gasteiger partial charge >= 0.3 is 0 Å². The molecular formula is C138H88N6O3S3. The number of fused-ring (bicyclic) bond motifs is 24. The number of anilines is 9. The Bertz CT molecular complexity index is 10600. The number of nitrogens with zero attached hydrogens (tertiary/aromatic N) is 6. The van der Waals surface area contributed by atoms with E-state index in [0.717, 1.165) is 118 Å². The first-order valence-electron chi connectivity index (χ1n) is 50.6. The van der Waals surface area contributed by atoms with Crippen molar-refractivity contribution in [3.8, 4) is 61.6 Å². The summed E-state index contributed by atoms with van der Waals surface area (Å²) in [6, 6.07) is 191. The Hall–Kier alpha value is -19.1. The molecule has 0 spiro atoms. The zero-order valence-corrected chi connectivity index (χ0v) is 83.4. The molecule has 706 valence electrons. The average molecular weight is 1970 g/mol. The summed E-state index contributed by atoms with van der Waals surface area (Å²) < 4.78 is 34.1. The summed E-state index contributed by atoms with van der Waals surface area (Å²) in [5.41, 5.74) is 35.5. The van der Waals surface area contributed by atoms with Gasteiger partial charge in [-0.15, -0.1) is 34.0 Å². The molecule has 9 nitrogen and oxygen atoms in total. The Morgan fingerprint density at radius 1 is 0.147 bits per heavy atom. The van der Waals surface area contributed by atoms with Crippen molar-refractivity contribution in [1.82, 2.24) is 13.7 Å². The van der Waals surface area contributed by atoms with Crippen molar-refractivity contribution in [3.05, 3.63) is 534 Å². The molecule has 0 saturated heterocycles. The molecule has 0 fully saturated rings. The number of hydrogen-bond acceptors (Lipinski definition) is 9. The third-order valence-electron chi connectivity index (χ3n) is 29.4. The minimum absolute atomic E-state index is 0.894. The number of benzene rings is 22. The van der Waals surface area contributed by atoms with Gasteiger partial charge in [0.1, 0.15) is 16.7 Å². The quantitative estimate of drug-likeness (QED) is 0.0961. The van der Waals surface area contributed by atoms with Crippen LogP contribution in [0.4, 0.5) is 51.2 Å². The molecule has 0 radical (unpaired) electrons. The lowest BCUT2D eigenvalue weighted by atomic mass is 10.0. The molecule has 0 atom stereocenters. The Labute approximate surface area is 874 Å². The molecule has 150 heavy (non-hydrogen) atoms. The molecular weight excluding hydrogens is 1890 g/mol. The minimum atomic E-state index is 0.894. The highest BCUT2D eigenvalue weighted by atomic mass is 32.1. The van der Waals surface area contributed by atoms with Crippen molar-refractivity contribution in [1.29, 1.82) is 0 Å². The third-order valence-corrected chi connectivity index (χ3v) is 32.9. The Balaban J connectivity index is 0.000000106. The molecule has 0 unspecified atom stereocenters. The zero-order chi connectivity index (χ0) is 98.8. The van der Waals surface area contributed by atoms with Gasteiger partial charge in [-0.3, -0.25) is 0 Å². The molecule has 0 aliphatic carbocycles. The molecule has 0 N–H and O–H groups in total. The molecule has 12 heteroatoms. The van der Waals surface area contributed by atoms with E-state index in [2.05, 4.69) is 562 Å². The van der Waals surface area contributed by atoms with Crippen LogP contribution in [0.25, 0.3) is 221 Å². The number of aromatic nitrogens is 3. The van der Waals surface area contributed by atoms with Crippen LogP contribution in [0.5, 0.6) is 0 Å². The van der Waals surface area contributed by atoms with Gasteiger partial charge in [-0.25, -0.2) is 0 Å². The van der Waals surface area contributed by atoms with E-state index >= 15 is 0 Å². The largest absolute Gasteiger partial charge is 0.454 e. The van der Waals surface area contributed by atoms with Gasteiger partial charge in [-0.1, -0.05) is 279 Å². The van der Waals surface area contributed by atoms with E-state index in [1.165, 1.54) is 154 Å². The SMILES string of the molecule is c1ccc(-c2ccc(N(c3ccc(-c4ccc5c(c4)c4ccccc4n5-c4ccccc4)cc3)c3ccc4c(c3)oc3c5ccccc5sc43)cc2)cc1.c1ccc(N(c2ccc(-c3ccc4c(c3)oc3c5ccccc5sc43)cc2)c2ccc3c(c2)c2ccccc2n3-c2ccccc2)cc1.c1ccc(N(c2cccc(-c3ccc4c(c3)c3ccccc3n4-c3ccccc3)c2)c2ccc3c(c2)oc2c4ccccc4sc32)cc1. The Morgan fingerprint density at radius 2 is 0.387 bits per heavy atom. The van der Waals surface area contributed by atoms with Gasteiger partial charge in [-0.05, 0) is 287 Å². The van der Waals surface area contributed by atoms with E-state index in [1.807, 2.05) is 0 Å². The molecule has 0 bridgehead atoms. The van der Waals surface area contributed by atoms with Gasteiger partial charge in [0.15, 0.2) is 16.7 Å². The second kappa shape index (κ2) is 36.6. The predicted molar refractivity (Wildman–Crippen MR) is 636 cm³/mol. The lowest BCUT2D eigenvalue weighted by molar-refractivity contribution is 0.673. The first-order chi connectivity index (χ1) is 74.4. The first kappa shape index (κ1) is 87.5. The third kappa shape index (κ3) is 15.2. The second-order valence-electron chi connectivity index (χ2n) is 38.1. The van der Waals surface area contributed by atoms with Gasteiger partial charge in [0.25, 0.3) is 0 Å². The highest BCUT2D eigenvalue weighted by molar-refractivity contribution is 7.27. The molecule has 9 aromatic heterocycles. The second-order valence-corrected chi connectivity index (χ2v) is 41.3. The fourth-order valence-corrected chi connectivity index (χ4v) is 25.9. The van der Waals surface area contributed by atoms with Crippen molar-refractivity contribution >= 4 is 245 Å². The summed E-state index contributed by atoms with van der Waals surface area (Å²) in [6.45, 7) is 0. The molecule has 31 rings (SSSR count). The van der Waals surface area contributed by atoms with Crippen LogP contribution < -0.4 is 14.7 Å². The van der Waals surface area contributed by atoms with Crippen LogP contribution >= 0.6 is 34.0 Å². The smallest absolute Gasteiger partial charge is 0.154 e. The van der Waals surface area contributed by atoms with Crippen molar-refractivity contribution in [2.45, 2.75) is 0 Å². The molecule has 0 aliphatic heterocycles. The van der Waals surface area contributed by atoms with Crippen molar-refractivity contribution < 1.29 is 13.3 Å². The predicted octanol–water partition coefficient (Wildman–Crippen LogP) is 40.8. The van der Waals surface area contributed by atoms with Crippen LogP contribution in [-0.2, 0) is 0 Å². The van der Waals surface area contributed by atoms with Gasteiger partial charge < -0.3 is 41.7 Å². The van der Waals surface area contributed by atoms with E-state index in [1.54, 1.807) is 34.0 Å². The molecule has 0 amide bonds. The average Bonchev–Trinajstić information content (AvgIpc) is 1.56. The van der Waals surface area contributed by atoms with Gasteiger partial charge in [0.05, 0.1) is 47.2 Å². The fraction of sp³-hybridized carbons (Fsp3) is 0. The highest BCUT2D eigenvalue weighted by Gasteiger charge is 2.26. The van der Waals surface area contributed by atoms with E-state index in [0.29, 0.717) is 0 Å². The van der Waals surface area contributed by atoms with Crippen LogP contribution in [-0.4, -0.2) is 13.7 Å². The fourth-order valence-electron chi connectivity index (χ4n) is 22.4. The molecule has 31 aromatic rings. The summed E-state index contributed by atoms with van der Waals surface area (Å²) in [5.74, 6) is 0. The Morgan fingerprint density at radius 3 is 0.800 bits per heavy atom. The standard InChI is InChI=1S/C50H32N2OS.2C44H28N2OS/c1-3-11-33(12-4-1)34-19-24-38(25-20-34)51(40-28-29-42-47(32-40)53-49-43-16-8-10-18-48(43)54-50(42)49)39-26-21-35(22-27-39)36-23-30-46-44(31-36)41-15-7-9-17-45(41)52(46)37-13-5-2-6-14-37;1-3-13-31(14-4-1)45(34-23-24-36-41(28-34)47-43-37-19-8-10-21-42(37)48-44(36)43)33-17-11-12-29(26-33)30-22-25-40-38(27-30)35-18-7-9-20-39(35)46(40)32-15-5-2-6-16-32;1-3-11-31(12-4-1)45(34-24-26-40-38(28-34)35-15-7-9-17-39(35)46(40)32-13-5-2-6-14-32)33-22-19-29(20-23-33)30-21-25-36-41(27-30)47-43-37-16-8-10-18-42(37)48-44(36)43/h1-32H;2*1-28H. The van der Waals surface area contributed by atoms with Crippen LogP contribution in [0.3, 0.4) is 0 Å². The number of rotatable bonds is 16. The van der Waals surface area contributed by atoms with Crippen molar-refractivity contribution in [3.63, 3.8) is 0 Å². The Kier molecular flexibility index (Phi) is 21.3. The maximum absolute atomic E-state index is 6.60. The highest BCUT2D eigenvalue weighted by Crippen LogP contribution is 2.51. The van der Waals surface area contributed by atoms with E-state index in [9.17, 15) is 0 Å². The maximum atomic E-state index is 6.60. The monoisotopic (exact) mass is 1970 g/mol. The topological polar surface area (TPSA) is 63.9 Å². The van der Waals surface area contributed by atoms with Gasteiger partial charge in [-0.2, -0.15) is 0 Å². The number of furan rings is 3. The van der Waals surface area contributed by atoms with E-state index < -0.39 is 0 Å². The number of thiophene rings is 3. The van der Waals surface area contributed by atoms with Crippen LogP contribution in [0.15, 0.2) is 547 Å². The normalized spacial score (nSPS) is 11.7. The molecule has 0 aliphatic rings. The number of para-hydroxylation sites is 8. The van der Waals surface area contributed by atoms with E-state index in [4.69, 9.17) is 13.3 Å². The molecule has 0 saturated carbocycles. The van der Waals surface area contributed by atoms with E-state index in [-0.39, 0.29) is 0 Å². The lowest BCUT2D eigenvalue weighted by Gasteiger charge is -2.26. The van der Waals surface area contributed by atoms with Gasteiger partial charge in [0, 0.05) is 159 Å². The maximum Gasteiger partial charge on any atom is 0.154 e. The van der Waals surface area contributed by atoms with Crippen LogP contribution in [0, 0.1) is 0 Å². The summed E-state index contributed by atoms with van der Waals surface area (Å²) >= 11 is 5.39. The first-order valence-corrected chi connectivity index (χ1v) is 53.1. The minimum Gasteiger partial charge on any atom is -0.454 e. The zero-order valence-electron chi connectivity index (χ0n) is 80.9. The summed E-state index contributed by atoms with van der Waals surface area (Å²) in [7, 11) is 0. The molecule has 22 aromatic carbocycles.